The van der Waals surface area contributed by atoms with Gasteiger partial charge in [-0.2, -0.15) is 15.3 Å². The van der Waals surface area contributed by atoms with Crippen LogP contribution in [0.1, 0.15) is 46.1 Å². The molecule has 4 rings (SSSR count). The number of aromatic nitrogens is 4. The monoisotopic (exact) mass is 472 g/mol. The van der Waals surface area contributed by atoms with E-state index in [1.54, 1.807) is 30.3 Å². The minimum absolute atomic E-state index is 0. The number of carbonyl (C=O) groups excluding carboxylic acids is 2. The van der Waals surface area contributed by atoms with Crippen molar-refractivity contribution in [2.24, 2.45) is 11.3 Å². The first kappa shape index (κ1) is 24.5. The fourth-order valence-corrected chi connectivity index (χ4v) is 4.46. The van der Waals surface area contributed by atoms with Crippen LogP contribution in [0, 0.1) is 22.7 Å². The van der Waals surface area contributed by atoms with Crippen LogP contribution < -0.4 is 10.2 Å². The number of carbonyl (C=O) groups is 2. The van der Waals surface area contributed by atoms with Crippen LogP contribution in [0.3, 0.4) is 0 Å². The molecule has 2 aromatic rings. The van der Waals surface area contributed by atoms with Gasteiger partial charge in [0.25, 0.3) is 0 Å². The van der Waals surface area contributed by atoms with E-state index in [1.807, 2.05) is 29.6 Å². The molecule has 0 aliphatic carbocycles. The smallest absolute Gasteiger partial charge is 0.248 e. The van der Waals surface area contributed by atoms with Gasteiger partial charge in [-0.05, 0) is 31.2 Å². The number of hydrogen-bond acceptors (Lipinski definition) is 7. The highest BCUT2D eigenvalue weighted by Gasteiger charge is 2.50. The molecule has 11 heteroatoms. The van der Waals surface area contributed by atoms with Gasteiger partial charge in [-0.15, -0.1) is 12.4 Å². The number of nitrogens with zero attached hydrogens (tertiary/aromatic N) is 7. The Morgan fingerprint density at radius 1 is 1.30 bits per heavy atom. The van der Waals surface area contributed by atoms with Crippen LogP contribution >= 0.6 is 12.4 Å². The third-order valence-corrected chi connectivity index (χ3v) is 6.60. The highest BCUT2D eigenvalue weighted by molar-refractivity contribution is 6.01. The van der Waals surface area contributed by atoms with E-state index in [0.29, 0.717) is 24.7 Å². The average molecular weight is 473 g/mol. The number of likely N-dealkylation sites (tertiary alicyclic amines) is 1. The van der Waals surface area contributed by atoms with Crippen molar-refractivity contribution in [2.45, 2.75) is 46.1 Å². The SMILES string of the molecule is CC(=O)N1CCC(n2cc(Nc3nccc(N4CC[C@@](C#N)(C(C)C)C4=O)n3)cn2)CC1.Cl. The summed E-state index contributed by atoms with van der Waals surface area (Å²) in [6, 6.07) is 4.17. The van der Waals surface area contributed by atoms with E-state index in [0.717, 1.165) is 31.6 Å². The van der Waals surface area contributed by atoms with Crippen molar-refractivity contribution in [1.29, 1.82) is 5.26 Å². The van der Waals surface area contributed by atoms with Crippen molar-refractivity contribution < 1.29 is 9.59 Å². The van der Waals surface area contributed by atoms with Crippen LogP contribution in [-0.2, 0) is 9.59 Å². The third kappa shape index (κ3) is 4.64. The van der Waals surface area contributed by atoms with Crippen LogP contribution in [0.5, 0.6) is 0 Å². The second-order valence-corrected chi connectivity index (χ2v) is 8.75. The van der Waals surface area contributed by atoms with Gasteiger partial charge < -0.3 is 10.2 Å². The number of piperidine rings is 1. The highest BCUT2D eigenvalue weighted by atomic mass is 35.5. The summed E-state index contributed by atoms with van der Waals surface area (Å²) in [5, 5.41) is 17.3. The molecule has 176 valence electrons. The van der Waals surface area contributed by atoms with Gasteiger partial charge in [-0.1, -0.05) is 13.8 Å². The number of rotatable bonds is 5. The molecule has 4 heterocycles. The number of nitriles is 1. The third-order valence-electron chi connectivity index (χ3n) is 6.60. The second kappa shape index (κ2) is 9.75. The molecule has 0 bridgehead atoms. The molecule has 0 aromatic carbocycles. The summed E-state index contributed by atoms with van der Waals surface area (Å²) >= 11 is 0. The summed E-state index contributed by atoms with van der Waals surface area (Å²) in [4.78, 5) is 36.7. The lowest BCUT2D eigenvalue weighted by molar-refractivity contribution is -0.130. The molecule has 1 N–H and O–H groups in total. The van der Waals surface area contributed by atoms with Gasteiger partial charge in [0.1, 0.15) is 11.2 Å². The molecule has 33 heavy (non-hydrogen) atoms. The molecule has 2 amide bonds. The maximum absolute atomic E-state index is 13.0. The van der Waals surface area contributed by atoms with E-state index in [1.165, 1.54) is 0 Å². The van der Waals surface area contributed by atoms with Crippen LogP contribution in [0.25, 0.3) is 0 Å². The van der Waals surface area contributed by atoms with Crippen LogP contribution in [-0.4, -0.2) is 56.1 Å². The van der Waals surface area contributed by atoms with Gasteiger partial charge >= 0.3 is 0 Å². The minimum Gasteiger partial charge on any atom is -0.343 e. The summed E-state index contributed by atoms with van der Waals surface area (Å²) < 4.78 is 1.91. The lowest BCUT2D eigenvalue weighted by Gasteiger charge is -2.31. The van der Waals surface area contributed by atoms with Crippen molar-refractivity contribution in [2.75, 3.05) is 29.9 Å². The average Bonchev–Trinajstić information content (AvgIpc) is 3.39. The van der Waals surface area contributed by atoms with Gasteiger partial charge in [0, 0.05) is 39.0 Å². The molecule has 2 aliphatic rings. The molecule has 1 atom stereocenters. The Bertz CT molecular complexity index is 1060. The zero-order valence-electron chi connectivity index (χ0n) is 19.1. The van der Waals surface area contributed by atoms with Crippen molar-refractivity contribution in [1.82, 2.24) is 24.6 Å². The Balaban J connectivity index is 0.00000306. The van der Waals surface area contributed by atoms with E-state index in [4.69, 9.17) is 0 Å². The maximum atomic E-state index is 13.0. The summed E-state index contributed by atoms with van der Waals surface area (Å²) in [5.41, 5.74) is -0.255. The molecule has 0 radical (unpaired) electrons. The molecule has 0 saturated carbocycles. The number of amides is 2. The molecule has 2 aliphatic heterocycles. The van der Waals surface area contributed by atoms with E-state index < -0.39 is 5.41 Å². The largest absolute Gasteiger partial charge is 0.343 e. The van der Waals surface area contributed by atoms with E-state index in [2.05, 4.69) is 26.5 Å². The Morgan fingerprint density at radius 2 is 2.03 bits per heavy atom. The number of hydrogen-bond donors (Lipinski definition) is 1. The van der Waals surface area contributed by atoms with Crippen molar-refractivity contribution in [3.8, 4) is 6.07 Å². The first-order chi connectivity index (χ1) is 15.3. The number of nitrogens with one attached hydrogen (secondary N) is 1. The molecule has 0 spiro atoms. The zero-order chi connectivity index (χ0) is 22.9. The van der Waals surface area contributed by atoms with Gasteiger partial charge in [0.2, 0.25) is 17.8 Å². The van der Waals surface area contributed by atoms with Crippen molar-refractivity contribution in [3.05, 3.63) is 24.7 Å². The fourth-order valence-electron chi connectivity index (χ4n) is 4.46. The normalized spacial score (nSPS) is 21.1. The van der Waals surface area contributed by atoms with Crippen LogP contribution in [0.2, 0.25) is 0 Å². The number of anilines is 3. The van der Waals surface area contributed by atoms with Crippen molar-refractivity contribution >= 4 is 41.7 Å². The maximum Gasteiger partial charge on any atom is 0.248 e. The lowest BCUT2D eigenvalue weighted by atomic mass is 9.77. The lowest BCUT2D eigenvalue weighted by Crippen LogP contribution is -2.37. The molecule has 2 saturated heterocycles. The van der Waals surface area contributed by atoms with E-state index >= 15 is 0 Å². The highest BCUT2D eigenvalue weighted by Crippen LogP contribution is 2.40. The van der Waals surface area contributed by atoms with E-state index in [9.17, 15) is 14.9 Å². The molecular weight excluding hydrogens is 444 g/mol. The van der Waals surface area contributed by atoms with Crippen molar-refractivity contribution in [3.63, 3.8) is 0 Å². The first-order valence-electron chi connectivity index (χ1n) is 11.0. The first-order valence-corrected chi connectivity index (χ1v) is 11.0. The summed E-state index contributed by atoms with van der Waals surface area (Å²) in [5.74, 6) is 0.677. The predicted octanol–water partition coefficient (Wildman–Crippen LogP) is 2.92. The van der Waals surface area contributed by atoms with Gasteiger partial charge in [-0.3, -0.25) is 19.2 Å². The van der Waals surface area contributed by atoms with E-state index in [-0.39, 0.29) is 36.2 Å². The Morgan fingerprint density at radius 3 is 2.64 bits per heavy atom. The second-order valence-electron chi connectivity index (χ2n) is 8.75. The molecular formula is C22H29ClN8O2. The summed E-state index contributed by atoms with van der Waals surface area (Å²) in [6.07, 6.45) is 7.43. The Hall–Kier alpha value is -3.19. The fraction of sp³-hybridized carbons (Fsp3) is 0.545. The molecule has 10 nitrogen and oxygen atoms in total. The Kier molecular flexibility index (Phi) is 7.22. The molecule has 0 unspecified atom stereocenters. The Labute approximate surface area is 199 Å². The number of halogens is 1. The topological polar surface area (TPSA) is 120 Å². The predicted molar refractivity (Wildman–Crippen MR) is 125 cm³/mol. The molecule has 2 fully saturated rings. The van der Waals surface area contributed by atoms with Crippen LogP contribution in [0.4, 0.5) is 17.5 Å². The van der Waals surface area contributed by atoms with Gasteiger partial charge in [0.05, 0.1) is 24.0 Å². The zero-order valence-corrected chi connectivity index (χ0v) is 19.9. The minimum atomic E-state index is -1.00. The standard InChI is InChI=1S/C22H28N8O2.ClH/c1-15(2)22(14-23)7-11-29(20(22)32)19-4-8-24-21(27-19)26-17-12-25-30(13-17)18-5-9-28(10-6-18)16(3)31;/h4,8,12-13,15,18H,5-7,9-11H2,1-3H3,(H,24,26,27);1H/t22-;/m1./s1. The molecule has 2 aromatic heterocycles. The summed E-state index contributed by atoms with van der Waals surface area (Å²) in [7, 11) is 0. The van der Waals surface area contributed by atoms with Gasteiger partial charge in [0.15, 0.2) is 0 Å². The van der Waals surface area contributed by atoms with Crippen LogP contribution in [0.15, 0.2) is 24.7 Å². The quantitative estimate of drug-likeness (QED) is 0.710. The summed E-state index contributed by atoms with van der Waals surface area (Å²) in [6.45, 7) is 7.33. The van der Waals surface area contributed by atoms with Gasteiger partial charge in [-0.25, -0.2) is 4.98 Å².